The van der Waals surface area contributed by atoms with E-state index in [2.05, 4.69) is 25.9 Å². The van der Waals surface area contributed by atoms with Gasteiger partial charge in [-0.15, -0.1) is 0 Å². The average Bonchev–Trinajstić information content (AvgIpc) is 2.89. The van der Waals surface area contributed by atoms with E-state index in [9.17, 15) is 4.57 Å². The highest BCUT2D eigenvalue weighted by atomic mass is 79.9. The number of hydrogen-bond donors (Lipinski definition) is 0. The number of aromatic nitrogens is 2. The Kier molecular flexibility index (Phi) is 1.33. The van der Waals surface area contributed by atoms with Crippen LogP contribution in [0.2, 0.25) is 0 Å². The smallest absolute Gasteiger partial charge is 0.214 e. The van der Waals surface area contributed by atoms with Crippen LogP contribution in [0.1, 0.15) is 11.4 Å². The van der Waals surface area contributed by atoms with Crippen molar-refractivity contribution in [1.29, 1.82) is 0 Å². The first kappa shape index (κ1) is 9.14. The van der Waals surface area contributed by atoms with Crippen LogP contribution in [-0.4, -0.2) is 9.97 Å². The van der Waals surface area contributed by atoms with Crippen molar-refractivity contribution < 1.29 is 8.98 Å². The molecule has 0 spiro atoms. The summed E-state index contributed by atoms with van der Waals surface area (Å²) < 4.78 is 18.2. The van der Waals surface area contributed by atoms with Gasteiger partial charge in [-0.3, -0.25) is 0 Å². The zero-order valence-electron chi connectivity index (χ0n) is 8.54. The molecule has 0 amide bonds. The van der Waals surface area contributed by atoms with Gasteiger partial charge in [-0.2, -0.15) is 0 Å². The molecule has 80 valence electrons. The maximum Gasteiger partial charge on any atom is 0.214 e. The van der Waals surface area contributed by atoms with Crippen LogP contribution < -0.4 is 16.1 Å². The lowest BCUT2D eigenvalue weighted by Crippen LogP contribution is -2.01. The molecule has 0 aromatic carbocycles. The van der Waals surface area contributed by atoms with Gasteiger partial charge < -0.3 is 8.98 Å². The molecule has 1 atom stereocenters. The fourth-order valence-corrected chi connectivity index (χ4v) is 4.71. The van der Waals surface area contributed by atoms with E-state index in [0.29, 0.717) is 17.1 Å². The number of hydrogen-bond acceptors (Lipinski definition) is 4. The van der Waals surface area contributed by atoms with Crippen molar-refractivity contribution in [2.45, 2.75) is 13.8 Å². The van der Waals surface area contributed by atoms with Crippen LogP contribution in [0.4, 0.5) is 0 Å². The van der Waals surface area contributed by atoms with E-state index < -0.39 is 7.14 Å². The molecule has 0 saturated heterocycles. The van der Waals surface area contributed by atoms with Crippen LogP contribution >= 0.6 is 23.1 Å². The van der Waals surface area contributed by atoms with Gasteiger partial charge >= 0.3 is 0 Å². The third-order valence-corrected chi connectivity index (χ3v) is 6.74. The van der Waals surface area contributed by atoms with E-state index in [1.165, 1.54) is 0 Å². The largest absolute Gasteiger partial charge is 0.447 e. The Morgan fingerprint density at radius 3 is 2.19 bits per heavy atom. The number of aryl methyl sites for hydroxylation is 2. The van der Waals surface area contributed by atoms with Crippen molar-refractivity contribution in [3.8, 4) is 11.6 Å². The van der Waals surface area contributed by atoms with Crippen LogP contribution in [0.3, 0.4) is 0 Å². The molecule has 3 aliphatic heterocycles. The Hall–Kier alpha value is -0.930. The average molecular weight is 297 g/mol. The van der Waals surface area contributed by atoms with Gasteiger partial charge in [-0.25, -0.2) is 9.97 Å². The van der Waals surface area contributed by atoms with Gasteiger partial charge in [0, 0.05) is 0 Å². The van der Waals surface area contributed by atoms with E-state index in [4.69, 9.17) is 4.42 Å². The summed E-state index contributed by atoms with van der Waals surface area (Å²) in [5, 5.41) is 1.83. The highest BCUT2D eigenvalue weighted by Crippen LogP contribution is 2.70. The van der Waals surface area contributed by atoms with Crippen LogP contribution in [0.25, 0.3) is 11.6 Å². The first-order valence-corrected chi connectivity index (χ1v) is 7.34. The van der Waals surface area contributed by atoms with E-state index in [1.807, 2.05) is 13.8 Å². The van der Waals surface area contributed by atoms with Crippen molar-refractivity contribution in [1.82, 2.24) is 9.97 Å². The highest BCUT2D eigenvalue weighted by Gasteiger charge is 2.75. The van der Waals surface area contributed by atoms with Crippen molar-refractivity contribution in [2.24, 2.45) is 0 Å². The van der Waals surface area contributed by atoms with E-state index in [0.717, 1.165) is 26.5 Å². The van der Waals surface area contributed by atoms with Gasteiger partial charge in [0.1, 0.15) is 0 Å². The van der Waals surface area contributed by atoms with Gasteiger partial charge in [0.25, 0.3) is 0 Å². The standard InChI is InChI=1S/C10H6BrN2O2P/c1-3-5(11)4(2)13-9(12-3)6-7-8-10(15-6)16(7,8)14/h1-2H3. The number of nitrogens with zero attached hydrogens (tertiary/aromatic N) is 2. The predicted octanol–water partition coefficient (Wildman–Crippen LogP) is 1.38. The van der Waals surface area contributed by atoms with E-state index in [1.54, 1.807) is 0 Å². The molecule has 3 aliphatic rings. The lowest BCUT2D eigenvalue weighted by Gasteiger charge is -2.03. The lowest BCUT2D eigenvalue weighted by atomic mass is 10.3. The fourth-order valence-electron chi connectivity index (χ4n) is 2.06. The molecule has 0 N–H and O–H groups in total. The first-order chi connectivity index (χ1) is 7.55. The highest BCUT2D eigenvalue weighted by molar-refractivity contribution is 9.10. The minimum Gasteiger partial charge on any atom is -0.447 e. The molecule has 6 heteroatoms. The summed E-state index contributed by atoms with van der Waals surface area (Å²) >= 11 is 3.42. The molecule has 5 rings (SSSR count). The van der Waals surface area contributed by atoms with Gasteiger partial charge in [-0.05, 0) is 29.8 Å². The monoisotopic (exact) mass is 296 g/mol. The van der Waals surface area contributed by atoms with E-state index in [-0.39, 0.29) is 0 Å². The van der Waals surface area contributed by atoms with Gasteiger partial charge in [0.15, 0.2) is 17.1 Å². The number of furan rings is 1. The van der Waals surface area contributed by atoms with Crippen LogP contribution in [-0.2, 0) is 4.57 Å². The normalized spacial score (nSPS) is 23.2. The number of halogens is 1. The lowest BCUT2D eigenvalue weighted by molar-refractivity contribution is 0.590. The van der Waals surface area contributed by atoms with Crippen molar-refractivity contribution in [2.75, 3.05) is 0 Å². The second-order valence-corrected chi connectivity index (χ2v) is 7.39. The molecule has 2 bridgehead atoms. The summed E-state index contributed by atoms with van der Waals surface area (Å²) in [6.07, 6.45) is 0. The Morgan fingerprint density at radius 1 is 1.19 bits per heavy atom. The summed E-state index contributed by atoms with van der Waals surface area (Å²) in [7, 11) is -2.16. The van der Waals surface area contributed by atoms with Gasteiger partial charge in [0.05, 0.1) is 26.5 Å². The summed E-state index contributed by atoms with van der Waals surface area (Å²) in [4.78, 5) is 8.70. The zero-order valence-corrected chi connectivity index (χ0v) is 11.0. The molecular formula is C10H6BrN2O2P. The Labute approximate surface area is 99.6 Å². The number of fused-ring (bicyclic) bond motifs is 1. The SMILES string of the molecule is Cc1nc(-c2oc3c4c2P34=O)nc(C)c1Br. The third-order valence-electron chi connectivity index (χ3n) is 3.04. The maximum absolute atomic E-state index is 11.8. The second-order valence-electron chi connectivity index (χ2n) is 4.07. The molecule has 5 heterocycles. The third kappa shape index (κ3) is 0.791. The minimum absolute atomic E-state index is 0.552. The topological polar surface area (TPSA) is 56.0 Å². The van der Waals surface area contributed by atoms with Crippen LogP contribution in [0, 0.1) is 13.8 Å². The molecule has 16 heavy (non-hydrogen) atoms. The van der Waals surface area contributed by atoms with E-state index >= 15 is 0 Å². The maximum atomic E-state index is 11.8. The summed E-state index contributed by atoms with van der Waals surface area (Å²) in [5.41, 5.74) is 2.43. The quantitative estimate of drug-likeness (QED) is 0.498. The molecule has 4 nitrogen and oxygen atoms in total. The molecule has 0 radical (unpaired) electrons. The fraction of sp³-hybridized carbons (Fsp3) is 0.200. The van der Waals surface area contributed by atoms with Crippen molar-refractivity contribution in [3.05, 3.63) is 15.9 Å². The molecule has 0 fully saturated rings. The summed E-state index contributed by atoms with van der Waals surface area (Å²) in [5.74, 6) is 1.17. The molecule has 0 aliphatic carbocycles. The predicted molar refractivity (Wildman–Crippen MR) is 63.4 cm³/mol. The van der Waals surface area contributed by atoms with Gasteiger partial charge in [0.2, 0.25) is 7.14 Å². The Morgan fingerprint density at radius 2 is 1.75 bits per heavy atom. The summed E-state index contributed by atoms with van der Waals surface area (Å²) in [6.45, 7) is 3.81. The van der Waals surface area contributed by atoms with Crippen molar-refractivity contribution in [3.63, 3.8) is 0 Å². The van der Waals surface area contributed by atoms with Crippen LogP contribution in [0.15, 0.2) is 8.89 Å². The van der Waals surface area contributed by atoms with Crippen molar-refractivity contribution >= 4 is 39.2 Å². The molecule has 1 unspecified atom stereocenters. The Balaban J connectivity index is 1.95. The molecule has 2 aromatic rings. The zero-order chi connectivity index (χ0) is 11.2. The molecule has 0 saturated carbocycles. The second kappa shape index (κ2) is 2.34. The Bertz CT molecular complexity index is 703. The molecule has 2 aromatic heterocycles. The minimum atomic E-state index is -2.16. The summed E-state index contributed by atoms with van der Waals surface area (Å²) in [6, 6.07) is 0. The number of rotatable bonds is 1. The molecular weight excluding hydrogens is 291 g/mol. The van der Waals surface area contributed by atoms with Crippen LogP contribution in [0.5, 0.6) is 0 Å². The van der Waals surface area contributed by atoms with Gasteiger partial charge in [-0.1, -0.05) is 0 Å². The first-order valence-electron chi connectivity index (χ1n) is 4.85.